The molecule has 2 aromatic rings. The lowest BCUT2D eigenvalue weighted by molar-refractivity contribution is -0.134. The first-order chi connectivity index (χ1) is 7.09. The molecule has 0 aliphatic carbocycles. The summed E-state index contributed by atoms with van der Waals surface area (Å²) in [6, 6.07) is 8.98. The van der Waals surface area contributed by atoms with E-state index in [1.807, 2.05) is 18.2 Å². The van der Waals surface area contributed by atoms with Gasteiger partial charge in [-0.1, -0.05) is 6.07 Å². The number of aromatic nitrogens is 1. The second-order valence-corrected chi connectivity index (χ2v) is 2.90. The molecular weight excluding hydrogens is 194 g/mol. The van der Waals surface area contributed by atoms with Crippen molar-refractivity contribution in [1.82, 2.24) is 4.98 Å². The third-order valence-electron chi connectivity index (χ3n) is 1.59. The van der Waals surface area contributed by atoms with Gasteiger partial charge in [0.1, 0.15) is 5.75 Å². The number of hydrogen-bond donors (Lipinski definition) is 2. The molecule has 1 aromatic heterocycles. The third kappa shape index (κ3) is 3.64. The molecule has 4 heteroatoms. The smallest absolute Gasteiger partial charge is 0.300 e. The number of fused-ring (bicyclic) bond motifs is 1. The van der Waals surface area contributed by atoms with Gasteiger partial charge in [0.25, 0.3) is 5.97 Å². The van der Waals surface area contributed by atoms with E-state index in [4.69, 9.17) is 15.0 Å². The summed E-state index contributed by atoms with van der Waals surface area (Å²) in [5.41, 5.74) is 0.826. The van der Waals surface area contributed by atoms with Crippen LogP contribution in [-0.4, -0.2) is 21.2 Å². The van der Waals surface area contributed by atoms with Gasteiger partial charge < -0.3 is 10.2 Å². The molecule has 0 aliphatic rings. The van der Waals surface area contributed by atoms with Crippen LogP contribution in [0, 0.1) is 0 Å². The van der Waals surface area contributed by atoms with Crippen LogP contribution in [0.5, 0.6) is 5.75 Å². The Bertz CT molecular complexity index is 464. The number of hydrogen-bond acceptors (Lipinski definition) is 3. The molecule has 1 heterocycles. The Morgan fingerprint density at radius 2 is 2.00 bits per heavy atom. The maximum Gasteiger partial charge on any atom is 0.300 e. The number of phenols is 1. The van der Waals surface area contributed by atoms with Crippen molar-refractivity contribution in [2.75, 3.05) is 0 Å². The van der Waals surface area contributed by atoms with E-state index >= 15 is 0 Å². The maximum absolute atomic E-state index is 9.09. The molecule has 0 fully saturated rings. The summed E-state index contributed by atoms with van der Waals surface area (Å²) in [5.74, 6) is -0.573. The number of carbonyl (C=O) groups is 1. The fourth-order valence-electron chi connectivity index (χ4n) is 1.05. The number of nitrogens with zero attached hydrogens (tertiary/aromatic N) is 1. The minimum Gasteiger partial charge on any atom is -0.508 e. The molecule has 4 nitrogen and oxygen atoms in total. The number of aromatic hydroxyl groups is 1. The molecule has 2 rings (SSSR count). The number of pyridine rings is 1. The van der Waals surface area contributed by atoms with Crippen LogP contribution in [0.3, 0.4) is 0 Å². The minimum absolute atomic E-state index is 0.260. The summed E-state index contributed by atoms with van der Waals surface area (Å²) in [6.07, 6.45) is 1.71. The third-order valence-corrected chi connectivity index (χ3v) is 1.59. The Labute approximate surface area is 86.8 Å². The van der Waals surface area contributed by atoms with E-state index in [1.54, 1.807) is 18.3 Å². The Hall–Kier alpha value is -2.10. The molecule has 0 spiro atoms. The van der Waals surface area contributed by atoms with Crippen LogP contribution in [0.15, 0.2) is 36.5 Å². The predicted octanol–water partition coefficient (Wildman–Crippen LogP) is 2.03. The predicted molar refractivity (Wildman–Crippen MR) is 56.7 cm³/mol. The molecule has 0 saturated heterocycles. The van der Waals surface area contributed by atoms with Crippen LogP contribution in [0.1, 0.15) is 6.92 Å². The normalized spacial score (nSPS) is 9.13. The topological polar surface area (TPSA) is 70.4 Å². The van der Waals surface area contributed by atoms with Crippen molar-refractivity contribution >= 4 is 16.9 Å². The lowest BCUT2D eigenvalue weighted by Gasteiger charge is -1.95. The number of rotatable bonds is 0. The first kappa shape index (κ1) is 11.0. The monoisotopic (exact) mass is 205 g/mol. The lowest BCUT2D eigenvalue weighted by Crippen LogP contribution is -1.78. The summed E-state index contributed by atoms with van der Waals surface area (Å²) >= 11 is 0. The van der Waals surface area contributed by atoms with E-state index in [9.17, 15) is 0 Å². The zero-order valence-corrected chi connectivity index (χ0v) is 8.21. The Kier molecular flexibility index (Phi) is 3.62. The molecular formula is C11H11NO3. The van der Waals surface area contributed by atoms with Crippen LogP contribution in [0.4, 0.5) is 0 Å². The molecule has 0 aliphatic heterocycles. The fraction of sp³-hybridized carbons (Fsp3) is 0.0909. The molecule has 0 unspecified atom stereocenters. The van der Waals surface area contributed by atoms with Gasteiger partial charge in [0.2, 0.25) is 0 Å². The zero-order valence-electron chi connectivity index (χ0n) is 8.21. The largest absolute Gasteiger partial charge is 0.508 e. The van der Waals surface area contributed by atoms with Gasteiger partial charge in [0.15, 0.2) is 0 Å². The highest BCUT2D eigenvalue weighted by atomic mass is 16.4. The second-order valence-electron chi connectivity index (χ2n) is 2.90. The van der Waals surface area contributed by atoms with Gasteiger partial charge in [0, 0.05) is 24.6 Å². The van der Waals surface area contributed by atoms with Gasteiger partial charge in [-0.25, -0.2) is 0 Å². The standard InChI is InChI=1S/C9H7NO.C2H4O2/c11-8-4-3-7-2-1-5-10-9(7)6-8;1-2(3)4/h1-6,11H;1H3,(H,3,4). The summed E-state index contributed by atoms with van der Waals surface area (Å²) in [4.78, 5) is 13.1. The Morgan fingerprint density at radius 1 is 1.33 bits per heavy atom. The van der Waals surface area contributed by atoms with Crippen molar-refractivity contribution < 1.29 is 15.0 Å². The number of aliphatic carboxylic acids is 1. The number of carboxylic acids is 1. The van der Waals surface area contributed by atoms with E-state index in [0.29, 0.717) is 0 Å². The molecule has 0 radical (unpaired) electrons. The highest BCUT2D eigenvalue weighted by Crippen LogP contribution is 2.16. The van der Waals surface area contributed by atoms with Gasteiger partial charge in [-0.3, -0.25) is 9.78 Å². The van der Waals surface area contributed by atoms with E-state index < -0.39 is 5.97 Å². The highest BCUT2D eigenvalue weighted by molar-refractivity contribution is 5.79. The van der Waals surface area contributed by atoms with Crippen LogP contribution >= 0.6 is 0 Å². The van der Waals surface area contributed by atoms with Gasteiger partial charge in [0.05, 0.1) is 5.52 Å². The van der Waals surface area contributed by atoms with Crippen molar-refractivity contribution in [1.29, 1.82) is 0 Å². The minimum atomic E-state index is -0.833. The second kappa shape index (κ2) is 4.95. The number of phenolic OH excluding ortho intramolecular Hbond substituents is 1. The first-order valence-corrected chi connectivity index (χ1v) is 4.33. The van der Waals surface area contributed by atoms with Gasteiger partial charge in [-0.15, -0.1) is 0 Å². The van der Waals surface area contributed by atoms with Crippen LogP contribution in [-0.2, 0) is 4.79 Å². The maximum atomic E-state index is 9.09. The average Bonchev–Trinajstić information content (AvgIpc) is 2.16. The van der Waals surface area contributed by atoms with Crippen molar-refractivity contribution in [2.24, 2.45) is 0 Å². The lowest BCUT2D eigenvalue weighted by atomic mass is 10.2. The first-order valence-electron chi connectivity index (χ1n) is 4.33. The Morgan fingerprint density at radius 3 is 2.67 bits per heavy atom. The van der Waals surface area contributed by atoms with Gasteiger partial charge in [-0.2, -0.15) is 0 Å². The van der Waals surface area contributed by atoms with Crippen molar-refractivity contribution in [2.45, 2.75) is 6.92 Å². The van der Waals surface area contributed by atoms with Crippen LogP contribution in [0.25, 0.3) is 10.9 Å². The molecule has 0 bridgehead atoms. The van der Waals surface area contributed by atoms with Crippen molar-refractivity contribution in [3.8, 4) is 5.75 Å². The summed E-state index contributed by atoms with van der Waals surface area (Å²) in [6.45, 7) is 1.08. The molecule has 1 aromatic carbocycles. The molecule has 15 heavy (non-hydrogen) atoms. The Balaban J connectivity index is 0.000000245. The van der Waals surface area contributed by atoms with E-state index in [-0.39, 0.29) is 5.75 Å². The summed E-state index contributed by atoms with van der Waals surface area (Å²) in [5, 5.41) is 17.6. The molecule has 2 N–H and O–H groups in total. The number of carboxylic acid groups (broad SMARTS) is 1. The number of benzene rings is 1. The van der Waals surface area contributed by atoms with Crippen molar-refractivity contribution in [3.63, 3.8) is 0 Å². The fourth-order valence-corrected chi connectivity index (χ4v) is 1.05. The summed E-state index contributed by atoms with van der Waals surface area (Å²) < 4.78 is 0. The quantitative estimate of drug-likeness (QED) is 0.690. The van der Waals surface area contributed by atoms with Crippen molar-refractivity contribution in [3.05, 3.63) is 36.5 Å². The van der Waals surface area contributed by atoms with E-state index in [0.717, 1.165) is 17.8 Å². The molecule has 78 valence electrons. The highest BCUT2D eigenvalue weighted by Gasteiger charge is 1.92. The van der Waals surface area contributed by atoms with Gasteiger partial charge in [-0.05, 0) is 18.2 Å². The molecule has 0 saturated carbocycles. The molecule has 0 amide bonds. The summed E-state index contributed by atoms with van der Waals surface area (Å²) in [7, 11) is 0. The zero-order chi connectivity index (χ0) is 11.3. The molecule has 0 atom stereocenters. The SMILES string of the molecule is CC(=O)O.Oc1ccc2cccnc2c1. The van der Waals surface area contributed by atoms with Gasteiger partial charge >= 0.3 is 0 Å². The van der Waals surface area contributed by atoms with Crippen LogP contribution in [0.2, 0.25) is 0 Å². The van der Waals surface area contributed by atoms with E-state index in [1.165, 1.54) is 0 Å². The average molecular weight is 205 g/mol. The van der Waals surface area contributed by atoms with E-state index in [2.05, 4.69) is 4.98 Å². The van der Waals surface area contributed by atoms with Crippen LogP contribution < -0.4 is 0 Å².